The largest absolute Gasteiger partial charge is 0.481 e. The van der Waals surface area contributed by atoms with Gasteiger partial charge < -0.3 is 5.11 Å². The van der Waals surface area contributed by atoms with Gasteiger partial charge in [-0.15, -0.1) is 0 Å². The van der Waals surface area contributed by atoms with Crippen LogP contribution in [-0.2, 0) is 4.79 Å². The zero-order valence-corrected chi connectivity index (χ0v) is 7.47. The third kappa shape index (κ3) is 2.43. The molecule has 0 aromatic carbocycles. The van der Waals surface area contributed by atoms with Crippen molar-refractivity contribution in [3.05, 3.63) is 24.5 Å². The number of aromatic nitrogens is 2. The minimum Gasteiger partial charge on any atom is -0.481 e. The molecule has 13 heavy (non-hydrogen) atoms. The quantitative estimate of drug-likeness (QED) is 0.765. The van der Waals surface area contributed by atoms with Crippen molar-refractivity contribution < 1.29 is 9.90 Å². The molecule has 1 N–H and O–H groups in total. The van der Waals surface area contributed by atoms with Crippen LogP contribution in [0.4, 0.5) is 0 Å². The lowest BCUT2D eigenvalue weighted by atomic mass is 10.0. The summed E-state index contributed by atoms with van der Waals surface area (Å²) >= 11 is 0. The van der Waals surface area contributed by atoms with Crippen LogP contribution in [0.1, 0.15) is 24.8 Å². The van der Waals surface area contributed by atoms with E-state index < -0.39 is 5.97 Å². The summed E-state index contributed by atoms with van der Waals surface area (Å²) in [6.45, 7) is 5.41. The van der Waals surface area contributed by atoms with Crippen molar-refractivity contribution in [2.75, 3.05) is 0 Å². The van der Waals surface area contributed by atoms with E-state index in [2.05, 4.69) is 11.7 Å². The number of carbonyl (C=O) groups is 1. The van der Waals surface area contributed by atoms with Crippen molar-refractivity contribution >= 4 is 12.2 Å². The summed E-state index contributed by atoms with van der Waals surface area (Å²) in [6, 6.07) is 0. The van der Waals surface area contributed by atoms with E-state index in [1.165, 1.54) is 0 Å². The molecule has 4 heteroatoms. The number of hydrogen-bond donors (Lipinski definition) is 1. The van der Waals surface area contributed by atoms with Gasteiger partial charge in [-0.05, 0) is 11.5 Å². The molecule has 0 saturated heterocycles. The van der Waals surface area contributed by atoms with Crippen LogP contribution >= 0.6 is 0 Å². The smallest absolute Gasteiger partial charge is 0.303 e. The Labute approximate surface area is 76.5 Å². The standard InChI is InChI=1S/C9H12N2O2/c1-3-11-6-8(5-10-11)7(2)4-9(12)13/h3,5-7H,1,4H2,2H3,(H,12,13). The second-order valence-electron chi connectivity index (χ2n) is 2.94. The van der Waals surface area contributed by atoms with E-state index in [9.17, 15) is 4.79 Å². The Morgan fingerprint density at radius 3 is 3.08 bits per heavy atom. The SMILES string of the molecule is C=Cn1cc(C(C)CC(=O)O)cn1. The monoisotopic (exact) mass is 180 g/mol. The highest BCUT2D eigenvalue weighted by Gasteiger charge is 2.11. The minimum absolute atomic E-state index is 0.00815. The molecule has 1 aromatic rings. The van der Waals surface area contributed by atoms with Crippen molar-refractivity contribution in [2.45, 2.75) is 19.3 Å². The Morgan fingerprint density at radius 1 is 1.92 bits per heavy atom. The fourth-order valence-electron chi connectivity index (χ4n) is 1.09. The summed E-state index contributed by atoms with van der Waals surface area (Å²) in [5.41, 5.74) is 0.919. The van der Waals surface area contributed by atoms with Crippen LogP contribution < -0.4 is 0 Å². The molecule has 1 unspecified atom stereocenters. The Hall–Kier alpha value is -1.58. The van der Waals surface area contributed by atoms with Crippen LogP contribution in [0.2, 0.25) is 0 Å². The number of rotatable bonds is 4. The van der Waals surface area contributed by atoms with Crippen LogP contribution in [0.15, 0.2) is 19.0 Å². The van der Waals surface area contributed by atoms with E-state index in [4.69, 9.17) is 5.11 Å². The Balaban J connectivity index is 2.70. The molecule has 0 aliphatic rings. The molecular weight excluding hydrogens is 168 g/mol. The zero-order valence-electron chi connectivity index (χ0n) is 7.47. The van der Waals surface area contributed by atoms with Gasteiger partial charge in [-0.2, -0.15) is 5.10 Å². The Bertz CT molecular complexity index is 317. The molecule has 0 spiro atoms. The molecule has 1 atom stereocenters. The van der Waals surface area contributed by atoms with Crippen molar-refractivity contribution in [3.63, 3.8) is 0 Å². The molecule has 0 bridgehead atoms. The van der Waals surface area contributed by atoms with E-state index in [1.54, 1.807) is 23.3 Å². The molecular formula is C9H12N2O2. The fraction of sp³-hybridized carbons (Fsp3) is 0.333. The van der Waals surface area contributed by atoms with Crippen molar-refractivity contribution in [3.8, 4) is 0 Å². The maximum absolute atomic E-state index is 10.4. The maximum Gasteiger partial charge on any atom is 0.303 e. The first-order valence-electron chi connectivity index (χ1n) is 4.02. The summed E-state index contributed by atoms with van der Waals surface area (Å²) in [6.07, 6.45) is 5.13. The van der Waals surface area contributed by atoms with E-state index in [-0.39, 0.29) is 12.3 Å². The van der Waals surface area contributed by atoms with Crippen LogP contribution in [0.5, 0.6) is 0 Å². The predicted octanol–water partition coefficient (Wildman–Crippen LogP) is 1.56. The number of hydrogen-bond acceptors (Lipinski definition) is 2. The van der Waals surface area contributed by atoms with Gasteiger partial charge in [0.15, 0.2) is 0 Å². The average molecular weight is 180 g/mol. The first-order chi connectivity index (χ1) is 6.13. The molecule has 0 saturated carbocycles. The van der Waals surface area contributed by atoms with Gasteiger partial charge in [0.2, 0.25) is 0 Å². The highest BCUT2D eigenvalue weighted by Crippen LogP contribution is 2.17. The second-order valence-corrected chi connectivity index (χ2v) is 2.94. The van der Waals surface area contributed by atoms with E-state index >= 15 is 0 Å². The van der Waals surface area contributed by atoms with Gasteiger partial charge in [0.05, 0.1) is 12.6 Å². The van der Waals surface area contributed by atoms with Gasteiger partial charge in [0.25, 0.3) is 0 Å². The Morgan fingerprint density at radius 2 is 2.62 bits per heavy atom. The Kier molecular flexibility index (Phi) is 2.84. The number of aliphatic carboxylic acids is 1. The van der Waals surface area contributed by atoms with Crippen LogP contribution in [0.25, 0.3) is 6.20 Å². The topological polar surface area (TPSA) is 55.1 Å². The molecule has 0 amide bonds. The highest BCUT2D eigenvalue weighted by molar-refractivity contribution is 5.67. The van der Waals surface area contributed by atoms with Crippen LogP contribution in [0, 0.1) is 0 Å². The van der Waals surface area contributed by atoms with Crippen LogP contribution in [-0.4, -0.2) is 20.9 Å². The third-order valence-corrected chi connectivity index (χ3v) is 1.86. The lowest BCUT2D eigenvalue weighted by molar-refractivity contribution is -0.137. The maximum atomic E-state index is 10.4. The summed E-state index contributed by atoms with van der Waals surface area (Å²) in [5, 5.41) is 12.5. The normalized spacial score (nSPS) is 12.4. The summed E-state index contributed by atoms with van der Waals surface area (Å²) in [5.74, 6) is -0.801. The zero-order chi connectivity index (χ0) is 9.84. The lowest BCUT2D eigenvalue weighted by Crippen LogP contribution is -2.01. The molecule has 1 aromatic heterocycles. The first kappa shape index (κ1) is 9.51. The molecule has 1 rings (SSSR count). The van der Waals surface area contributed by atoms with Gasteiger partial charge in [-0.1, -0.05) is 13.5 Å². The summed E-state index contributed by atoms with van der Waals surface area (Å²) in [7, 11) is 0. The van der Waals surface area contributed by atoms with Crippen molar-refractivity contribution in [2.24, 2.45) is 0 Å². The summed E-state index contributed by atoms with van der Waals surface area (Å²) in [4.78, 5) is 10.4. The van der Waals surface area contributed by atoms with Gasteiger partial charge >= 0.3 is 5.97 Å². The average Bonchev–Trinajstić information content (AvgIpc) is 2.50. The minimum atomic E-state index is -0.793. The molecule has 0 aliphatic heterocycles. The van der Waals surface area contributed by atoms with Crippen molar-refractivity contribution in [1.82, 2.24) is 9.78 Å². The van der Waals surface area contributed by atoms with Gasteiger partial charge in [-0.3, -0.25) is 4.79 Å². The fourth-order valence-corrected chi connectivity index (χ4v) is 1.09. The molecule has 0 fully saturated rings. The van der Waals surface area contributed by atoms with Gasteiger partial charge in [0.1, 0.15) is 0 Å². The molecule has 0 radical (unpaired) electrons. The molecule has 4 nitrogen and oxygen atoms in total. The number of carboxylic acid groups (broad SMARTS) is 1. The lowest BCUT2D eigenvalue weighted by Gasteiger charge is -2.03. The molecule has 0 aliphatic carbocycles. The number of carboxylic acids is 1. The highest BCUT2D eigenvalue weighted by atomic mass is 16.4. The van der Waals surface area contributed by atoms with E-state index in [0.29, 0.717) is 0 Å². The van der Waals surface area contributed by atoms with Crippen LogP contribution in [0.3, 0.4) is 0 Å². The molecule has 70 valence electrons. The van der Waals surface area contributed by atoms with Gasteiger partial charge in [-0.25, -0.2) is 4.68 Å². The third-order valence-electron chi connectivity index (χ3n) is 1.86. The van der Waals surface area contributed by atoms with Crippen molar-refractivity contribution in [1.29, 1.82) is 0 Å². The second kappa shape index (κ2) is 3.89. The predicted molar refractivity (Wildman–Crippen MR) is 49.3 cm³/mol. The summed E-state index contributed by atoms with van der Waals surface area (Å²) < 4.78 is 1.56. The van der Waals surface area contributed by atoms with E-state index in [0.717, 1.165) is 5.56 Å². The molecule has 1 heterocycles. The van der Waals surface area contributed by atoms with E-state index in [1.807, 2.05) is 6.92 Å². The number of nitrogens with zero attached hydrogens (tertiary/aromatic N) is 2. The van der Waals surface area contributed by atoms with Gasteiger partial charge in [0, 0.05) is 12.4 Å². The first-order valence-corrected chi connectivity index (χ1v) is 4.02.